The Morgan fingerprint density at radius 3 is 2.43 bits per heavy atom. The van der Waals surface area contributed by atoms with E-state index in [-0.39, 0.29) is 18.9 Å². The Bertz CT molecular complexity index is 658. The molecule has 1 amide bonds. The maximum atomic E-state index is 11.7. The van der Waals surface area contributed by atoms with Gasteiger partial charge in [0, 0.05) is 11.0 Å². The van der Waals surface area contributed by atoms with Crippen molar-refractivity contribution < 1.29 is 14.3 Å². The van der Waals surface area contributed by atoms with E-state index in [1.54, 1.807) is 0 Å². The molecular weight excluding hydrogens is 358 g/mol. The first kappa shape index (κ1) is 17.2. The Morgan fingerprint density at radius 2 is 1.70 bits per heavy atom. The van der Waals surface area contributed by atoms with E-state index in [9.17, 15) is 9.59 Å². The summed E-state index contributed by atoms with van der Waals surface area (Å²) in [6.07, 6.45) is 0.885. The first-order valence-electron chi connectivity index (χ1n) is 7.35. The lowest BCUT2D eigenvalue weighted by molar-refractivity contribution is -0.147. The summed E-state index contributed by atoms with van der Waals surface area (Å²) >= 11 is 3.37. The van der Waals surface area contributed by atoms with Crippen LogP contribution >= 0.6 is 15.9 Å². The molecule has 0 aliphatic heterocycles. The molecule has 0 atom stereocenters. The highest BCUT2D eigenvalue weighted by molar-refractivity contribution is 9.10. The zero-order chi connectivity index (χ0) is 16.5. The molecule has 0 aromatic heterocycles. The van der Waals surface area contributed by atoms with Crippen LogP contribution in [-0.2, 0) is 27.2 Å². The second kappa shape index (κ2) is 9.10. The predicted octanol–water partition coefficient (Wildman–Crippen LogP) is 2.89. The van der Waals surface area contributed by atoms with Gasteiger partial charge in [0.25, 0.3) is 5.91 Å². The first-order valence-corrected chi connectivity index (χ1v) is 8.14. The summed E-state index contributed by atoms with van der Waals surface area (Å²) in [4.78, 5) is 23.4. The van der Waals surface area contributed by atoms with Crippen molar-refractivity contribution in [1.82, 2.24) is 5.32 Å². The van der Waals surface area contributed by atoms with Crippen LogP contribution in [0, 0.1) is 0 Å². The van der Waals surface area contributed by atoms with Gasteiger partial charge in [0.1, 0.15) is 0 Å². The van der Waals surface area contributed by atoms with Gasteiger partial charge in [-0.2, -0.15) is 0 Å². The van der Waals surface area contributed by atoms with Crippen LogP contribution in [-0.4, -0.2) is 25.0 Å². The van der Waals surface area contributed by atoms with Gasteiger partial charge in [0.15, 0.2) is 6.61 Å². The van der Waals surface area contributed by atoms with Crippen molar-refractivity contribution in [2.24, 2.45) is 0 Å². The second-order valence-corrected chi connectivity index (χ2v) is 5.87. The third-order valence-electron chi connectivity index (χ3n) is 3.24. The number of halogens is 1. The standard InChI is InChI=1S/C18H18BrNO3/c19-16-9-5-4-8-15(16)12-18(22)23-13-17(21)20-11-10-14-6-2-1-3-7-14/h1-9H,10-13H2,(H,20,21). The molecule has 5 heteroatoms. The van der Waals surface area contributed by atoms with E-state index >= 15 is 0 Å². The molecule has 0 unspecified atom stereocenters. The summed E-state index contributed by atoms with van der Waals surface area (Å²) < 4.78 is 5.84. The summed E-state index contributed by atoms with van der Waals surface area (Å²) in [7, 11) is 0. The minimum absolute atomic E-state index is 0.138. The van der Waals surface area contributed by atoms with E-state index in [1.165, 1.54) is 0 Å². The Hall–Kier alpha value is -2.14. The molecule has 2 rings (SSSR count). The van der Waals surface area contributed by atoms with Crippen molar-refractivity contribution >= 4 is 27.8 Å². The molecule has 0 spiro atoms. The zero-order valence-electron chi connectivity index (χ0n) is 12.6. The average Bonchev–Trinajstić information content (AvgIpc) is 2.56. The minimum atomic E-state index is -0.421. The maximum Gasteiger partial charge on any atom is 0.310 e. The van der Waals surface area contributed by atoms with E-state index in [4.69, 9.17) is 4.74 Å². The van der Waals surface area contributed by atoms with E-state index in [0.29, 0.717) is 6.54 Å². The molecule has 0 radical (unpaired) electrons. The Labute approximate surface area is 144 Å². The highest BCUT2D eigenvalue weighted by atomic mass is 79.9. The summed E-state index contributed by atoms with van der Waals surface area (Å²) in [6, 6.07) is 17.3. The summed E-state index contributed by atoms with van der Waals surface area (Å²) in [5.74, 6) is -0.712. The predicted molar refractivity (Wildman–Crippen MR) is 92.0 cm³/mol. The third-order valence-corrected chi connectivity index (χ3v) is 4.01. The number of amides is 1. The molecule has 120 valence electrons. The molecule has 0 aliphatic carbocycles. The van der Waals surface area contributed by atoms with Crippen LogP contribution < -0.4 is 5.32 Å². The molecule has 0 bridgehead atoms. The second-order valence-electron chi connectivity index (χ2n) is 5.01. The van der Waals surface area contributed by atoms with Crippen LogP contribution in [0.5, 0.6) is 0 Å². The van der Waals surface area contributed by atoms with Crippen LogP contribution in [0.15, 0.2) is 59.1 Å². The highest BCUT2D eigenvalue weighted by Gasteiger charge is 2.10. The molecule has 0 fully saturated rings. The number of hydrogen-bond donors (Lipinski definition) is 1. The van der Waals surface area contributed by atoms with Crippen LogP contribution in [0.4, 0.5) is 0 Å². The smallest absolute Gasteiger partial charge is 0.310 e. The van der Waals surface area contributed by atoms with E-state index in [2.05, 4.69) is 21.2 Å². The summed E-state index contributed by atoms with van der Waals surface area (Å²) in [5, 5.41) is 2.74. The van der Waals surface area contributed by atoms with Crippen molar-refractivity contribution in [3.8, 4) is 0 Å². The molecule has 0 saturated heterocycles. The van der Waals surface area contributed by atoms with Gasteiger partial charge in [-0.3, -0.25) is 9.59 Å². The number of benzene rings is 2. The van der Waals surface area contributed by atoms with Gasteiger partial charge in [-0.1, -0.05) is 64.5 Å². The lowest BCUT2D eigenvalue weighted by atomic mass is 10.1. The van der Waals surface area contributed by atoms with Gasteiger partial charge in [-0.15, -0.1) is 0 Å². The van der Waals surface area contributed by atoms with Gasteiger partial charge in [0.2, 0.25) is 0 Å². The molecular formula is C18H18BrNO3. The number of hydrogen-bond acceptors (Lipinski definition) is 3. The van der Waals surface area contributed by atoms with Crippen LogP contribution in [0.2, 0.25) is 0 Å². The highest BCUT2D eigenvalue weighted by Crippen LogP contribution is 2.16. The van der Waals surface area contributed by atoms with Crippen LogP contribution in [0.25, 0.3) is 0 Å². The zero-order valence-corrected chi connectivity index (χ0v) is 14.2. The van der Waals surface area contributed by atoms with Crippen molar-refractivity contribution in [3.05, 3.63) is 70.2 Å². The van der Waals surface area contributed by atoms with Gasteiger partial charge in [-0.05, 0) is 23.6 Å². The Balaban J connectivity index is 1.66. The van der Waals surface area contributed by atoms with Crippen molar-refractivity contribution in [2.75, 3.05) is 13.2 Å². The molecule has 23 heavy (non-hydrogen) atoms. The largest absolute Gasteiger partial charge is 0.455 e. The van der Waals surface area contributed by atoms with Crippen molar-refractivity contribution in [2.45, 2.75) is 12.8 Å². The SMILES string of the molecule is O=C(COC(=O)Cc1ccccc1Br)NCCc1ccccc1. The summed E-state index contributed by atoms with van der Waals surface area (Å²) in [5.41, 5.74) is 1.99. The average molecular weight is 376 g/mol. The van der Waals surface area contributed by atoms with E-state index in [0.717, 1.165) is 22.0 Å². The minimum Gasteiger partial charge on any atom is -0.455 e. The Morgan fingerprint density at radius 1 is 1.00 bits per heavy atom. The molecule has 2 aromatic carbocycles. The number of carbonyl (C=O) groups is 2. The molecule has 4 nitrogen and oxygen atoms in total. The van der Waals surface area contributed by atoms with E-state index < -0.39 is 5.97 Å². The summed E-state index contributed by atoms with van der Waals surface area (Å²) in [6.45, 7) is 0.267. The number of esters is 1. The van der Waals surface area contributed by atoms with E-state index in [1.807, 2.05) is 54.6 Å². The lowest BCUT2D eigenvalue weighted by Crippen LogP contribution is -2.30. The number of ether oxygens (including phenoxy) is 1. The molecule has 2 aromatic rings. The lowest BCUT2D eigenvalue weighted by Gasteiger charge is -2.07. The number of nitrogens with one attached hydrogen (secondary N) is 1. The quantitative estimate of drug-likeness (QED) is 0.757. The third kappa shape index (κ3) is 6.24. The first-order chi connectivity index (χ1) is 11.1. The number of rotatable bonds is 7. The monoisotopic (exact) mass is 375 g/mol. The van der Waals surface area contributed by atoms with Crippen LogP contribution in [0.1, 0.15) is 11.1 Å². The molecule has 0 heterocycles. The maximum absolute atomic E-state index is 11.7. The molecule has 0 aliphatic rings. The van der Waals surface area contributed by atoms with Crippen molar-refractivity contribution in [3.63, 3.8) is 0 Å². The fraction of sp³-hybridized carbons (Fsp3) is 0.222. The number of carbonyl (C=O) groups excluding carboxylic acids is 2. The topological polar surface area (TPSA) is 55.4 Å². The van der Waals surface area contributed by atoms with Gasteiger partial charge < -0.3 is 10.1 Å². The fourth-order valence-electron chi connectivity index (χ4n) is 2.04. The molecule has 1 N–H and O–H groups in total. The van der Waals surface area contributed by atoms with Crippen molar-refractivity contribution in [1.29, 1.82) is 0 Å². The van der Waals surface area contributed by atoms with Gasteiger partial charge in [-0.25, -0.2) is 0 Å². The van der Waals surface area contributed by atoms with Gasteiger partial charge in [0.05, 0.1) is 6.42 Å². The normalized spacial score (nSPS) is 10.1. The Kier molecular flexibility index (Phi) is 6.81. The molecule has 0 saturated carbocycles. The van der Waals surface area contributed by atoms with Crippen LogP contribution in [0.3, 0.4) is 0 Å². The fourth-order valence-corrected chi connectivity index (χ4v) is 2.46. The van der Waals surface area contributed by atoms with Gasteiger partial charge >= 0.3 is 5.97 Å².